The van der Waals surface area contributed by atoms with Crippen molar-refractivity contribution in [3.63, 3.8) is 0 Å². The second-order valence-electron chi connectivity index (χ2n) is 38.5. The predicted octanol–water partition coefficient (Wildman–Crippen LogP) is 16.0. The van der Waals surface area contributed by atoms with Gasteiger partial charge in [-0.1, -0.05) is 60.7 Å². The van der Waals surface area contributed by atoms with Gasteiger partial charge in [0, 0.05) is 253 Å². The molecule has 0 saturated carbocycles. The number of aryl methyl sites for hydroxylation is 5. The molecule has 5 saturated heterocycles. The molecular formula is C112H116N28O3. The Bertz CT molecular complexity index is 7490. The fourth-order valence-corrected chi connectivity index (χ4v) is 21.0. The molecule has 16 aromatic rings. The van der Waals surface area contributed by atoms with Gasteiger partial charge in [0.25, 0.3) is 0 Å². The molecule has 11 aromatic heterocycles. The summed E-state index contributed by atoms with van der Waals surface area (Å²) in [6, 6.07) is 54.3. The van der Waals surface area contributed by atoms with Crippen LogP contribution in [0.3, 0.4) is 0 Å². The Labute approximate surface area is 831 Å². The van der Waals surface area contributed by atoms with Gasteiger partial charge >= 0.3 is 0 Å². The summed E-state index contributed by atoms with van der Waals surface area (Å²) in [6.07, 6.45) is 40.7. The molecule has 10 aliphatic rings. The minimum atomic E-state index is -0.503. The Morgan fingerprint density at radius 1 is 0.308 bits per heavy atom. The zero-order chi connectivity index (χ0) is 97.1. The summed E-state index contributed by atoms with van der Waals surface area (Å²) in [5, 5.41) is 35.9. The van der Waals surface area contributed by atoms with Crippen molar-refractivity contribution in [2.24, 2.45) is 60.2 Å². The number of methoxy groups -OCH3 is 1. The second kappa shape index (κ2) is 40.8. The molecule has 4 atom stereocenters. The standard InChI is InChI=1S/C24H24N8.C23H25N5O.C22H23N5O2.C22H23N5.C21H21N5/c1-30-14-20(13-28-30)17-2-3-19-12-27-24(22(19)10-17)18-4-7-26-23(11-18)31-8-5-21(6-9-31)32-16-25-15-29-32;1-15-12-28(13-16(2)29-15)22-9-18(6-7-24-22)23-21-8-17(4-5-19(21)10-25-23)20-11-26-27(3)14-20;1-26-11-17(10-25-26)14-3-4-16-9-24-22(18(16)7-14)15-5-6-23-21(8-15)27-12-19(28)20(13-27)29-2;1-26-15-19(14-25-26)16-5-6-18-13-24-22(20(18)11-16)17-7-8-23-21(12-17)27-9-3-2-4-10-27;1-25-14-18(13-24-25)15-4-5-17-12-23-21(19(17)10-15)16-6-7-22-20(11-16)26-8-2-3-9-26/h2-4,7,10-11,13-16,21H,5-6,8-9,12H2,1H3;4-9,11,14-16H,10,12-13H2,1-3H3;3-8,10-11,19-20,28H,9,12-13H2,1-2H3;5-8,11-12,14-15H,2-4,9-10,13H2,1H3;4-7,10-11,13-14H,2-3,8-9,12H2,1H3/t;15-,16+;19-,20-;;/m..0../s1. The highest BCUT2D eigenvalue weighted by Crippen LogP contribution is 2.39. The number of aliphatic hydroxyl groups excluding tert-OH is 1. The van der Waals surface area contributed by atoms with Gasteiger partial charge in [-0.15, -0.1) is 0 Å². The summed E-state index contributed by atoms with van der Waals surface area (Å²) < 4.78 is 22.4. The van der Waals surface area contributed by atoms with Crippen LogP contribution in [0.15, 0.2) is 282 Å². The first-order valence-corrected chi connectivity index (χ1v) is 49.6. The minimum Gasteiger partial charge on any atom is -0.388 e. The lowest BCUT2D eigenvalue weighted by Crippen LogP contribution is -2.45. The van der Waals surface area contributed by atoms with Crippen molar-refractivity contribution < 1.29 is 14.6 Å². The van der Waals surface area contributed by atoms with Crippen molar-refractivity contribution in [3.8, 4) is 55.6 Å². The van der Waals surface area contributed by atoms with Crippen LogP contribution in [0.4, 0.5) is 29.1 Å². The number of rotatable bonds is 17. The summed E-state index contributed by atoms with van der Waals surface area (Å²) in [6.45, 7) is 17.0. The zero-order valence-electron chi connectivity index (χ0n) is 82.0. The monoisotopic (exact) mass is 1900 g/mol. The molecule has 722 valence electrons. The molecule has 0 amide bonds. The molecule has 10 aliphatic heterocycles. The van der Waals surface area contributed by atoms with E-state index in [0.717, 1.165) is 227 Å². The molecule has 0 unspecified atom stereocenters. The maximum Gasteiger partial charge on any atom is 0.137 e. The summed E-state index contributed by atoms with van der Waals surface area (Å²) in [5.74, 6) is 4.98. The number of hydrogen-bond acceptors (Lipinski definition) is 25. The van der Waals surface area contributed by atoms with Gasteiger partial charge in [-0.3, -0.25) is 48.4 Å². The van der Waals surface area contributed by atoms with Crippen LogP contribution in [0.25, 0.3) is 55.6 Å². The number of aliphatic hydroxyl groups is 1. The van der Waals surface area contributed by atoms with E-state index in [2.05, 4.69) is 244 Å². The molecule has 0 radical (unpaired) electrons. The lowest BCUT2D eigenvalue weighted by molar-refractivity contribution is -0.00546. The Morgan fingerprint density at radius 2 is 0.594 bits per heavy atom. The van der Waals surface area contributed by atoms with Gasteiger partial charge in [0.2, 0.25) is 0 Å². The molecular weight excluding hydrogens is 1790 g/mol. The highest BCUT2D eigenvalue weighted by atomic mass is 16.5. The number of morpholine rings is 1. The number of ether oxygens (including phenoxy) is 2. The number of hydrogen-bond donors (Lipinski definition) is 1. The average molecular weight is 1900 g/mol. The summed E-state index contributed by atoms with van der Waals surface area (Å²) in [4.78, 5) is 62.8. The molecule has 0 aliphatic carbocycles. The molecule has 1 N–H and O–H groups in total. The average Bonchev–Trinajstić information content (AvgIpc) is 1.63. The van der Waals surface area contributed by atoms with Crippen LogP contribution in [-0.4, -0.2) is 219 Å². The summed E-state index contributed by atoms with van der Waals surface area (Å²) in [5.41, 5.74) is 34.6. The highest BCUT2D eigenvalue weighted by molar-refractivity contribution is 6.19. The Kier molecular flexibility index (Phi) is 26.4. The van der Waals surface area contributed by atoms with Gasteiger partial charge in [-0.2, -0.15) is 30.6 Å². The summed E-state index contributed by atoms with van der Waals surface area (Å²) >= 11 is 0. The number of pyridine rings is 5. The number of piperidine rings is 2. The van der Waals surface area contributed by atoms with Crippen molar-refractivity contribution in [3.05, 3.63) is 341 Å². The number of aromatic nitrogens is 18. The minimum absolute atomic E-state index is 0.188. The SMILES string of the molecule is CO[C@H]1CN(c2cc(C3=NCc4ccc(-c5cnn(C)c5)cc43)ccn2)C[C@@H]1O.C[C@@H]1CN(c2cc(C3=NCc4ccc(-c5cnn(C)c5)cc43)ccn2)C[C@H](C)O1.Cn1cc(-c2ccc3c(c2)C(c2ccnc(N4CCC(n5cncn5)CC4)c2)=NC3)cn1.Cn1cc(-c2ccc3c(c2)C(c2ccnc(N4CCCC4)c2)=NC3)cn1.Cn1cc(-c2ccc3c(c2)C(c2ccnc(N4CCCCC4)c2)=NC3)cn1. The van der Waals surface area contributed by atoms with Gasteiger partial charge < -0.3 is 39.1 Å². The van der Waals surface area contributed by atoms with Crippen LogP contribution in [0.2, 0.25) is 0 Å². The first-order valence-electron chi connectivity index (χ1n) is 49.6. The van der Waals surface area contributed by atoms with E-state index >= 15 is 0 Å². The van der Waals surface area contributed by atoms with E-state index in [1.54, 1.807) is 13.4 Å². The van der Waals surface area contributed by atoms with Gasteiger partial charge in [0.15, 0.2) is 0 Å². The fraction of sp³-hybridized carbons (Fsp3) is 0.312. The van der Waals surface area contributed by atoms with E-state index in [-0.39, 0.29) is 18.3 Å². The normalized spacial score (nSPS) is 18.2. The molecule has 5 aromatic carbocycles. The maximum absolute atomic E-state index is 10.1. The van der Waals surface area contributed by atoms with Crippen molar-refractivity contribution in [2.75, 3.05) is 97.1 Å². The van der Waals surface area contributed by atoms with Gasteiger partial charge in [-0.05, 0) is 205 Å². The number of benzene rings is 5. The van der Waals surface area contributed by atoms with Gasteiger partial charge in [0.05, 0.1) is 117 Å². The molecule has 5 fully saturated rings. The van der Waals surface area contributed by atoms with E-state index < -0.39 is 6.10 Å². The third kappa shape index (κ3) is 20.1. The van der Waals surface area contributed by atoms with Crippen molar-refractivity contribution in [2.45, 2.75) is 122 Å². The zero-order valence-corrected chi connectivity index (χ0v) is 82.0. The maximum atomic E-state index is 10.1. The van der Waals surface area contributed by atoms with E-state index in [1.807, 2.05) is 169 Å². The number of aliphatic imine (C=N–C) groups is 5. The van der Waals surface area contributed by atoms with E-state index in [0.29, 0.717) is 25.7 Å². The fourth-order valence-electron chi connectivity index (χ4n) is 21.0. The van der Waals surface area contributed by atoms with Crippen LogP contribution < -0.4 is 24.5 Å². The predicted molar refractivity (Wildman–Crippen MR) is 560 cm³/mol. The van der Waals surface area contributed by atoms with Crippen LogP contribution in [0.5, 0.6) is 0 Å². The van der Waals surface area contributed by atoms with Crippen LogP contribution >= 0.6 is 0 Å². The topological polar surface area (TPSA) is 301 Å². The molecule has 143 heavy (non-hydrogen) atoms. The largest absolute Gasteiger partial charge is 0.388 e. The van der Waals surface area contributed by atoms with Crippen LogP contribution in [0, 0.1) is 0 Å². The first-order chi connectivity index (χ1) is 70.0. The number of β-amino-alcohol motifs (C(OH)–C–C–N with tert-alkyl or cyclic N) is 1. The van der Waals surface area contributed by atoms with Crippen molar-refractivity contribution in [1.82, 2.24) is 88.6 Å². The van der Waals surface area contributed by atoms with Gasteiger partial charge in [-0.25, -0.2) is 34.6 Å². The Hall–Kier alpha value is -15.7. The molecule has 21 heterocycles. The number of anilines is 5. The molecule has 0 bridgehead atoms. The molecule has 26 rings (SSSR count). The summed E-state index contributed by atoms with van der Waals surface area (Å²) in [7, 11) is 11.3. The van der Waals surface area contributed by atoms with Crippen LogP contribution in [0.1, 0.15) is 148 Å². The van der Waals surface area contributed by atoms with Crippen molar-refractivity contribution in [1.29, 1.82) is 0 Å². The number of fused-ring (bicyclic) bond motifs is 5. The lowest BCUT2D eigenvalue weighted by Gasteiger charge is -2.36. The van der Waals surface area contributed by atoms with Crippen LogP contribution in [-0.2, 0) is 77.4 Å². The lowest BCUT2D eigenvalue weighted by atomic mass is 9.96. The third-order valence-electron chi connectivity index (χ3n) is 28.5. The third-order valence-corrected chi connectivity index (χ3v) is 28.5. The van der Waals surface area contributed by atoms with E-state index in [4.69, 9.17) is 34.4 Å². The number of nitrogens with zero attached hydrogens (tertiary/aromatic N) is 28. The quantitative estimate of drug-likeness (QED) is 0.0885. The van der Waals surface area contributed by atoms with Gasteiger partial charge in [0.1, 0.15) is 47.8 Å². The highest BCUT2D eigenvalue weighted by Gasteiger charge is 2.35. The van der Waals surface area contributed by atoms with E-state index in [1.165, 1.54) is 93.3 Å². The molecule has 31 nitrogen and oxygen atoms in total. The molecule has 0 spiro atoms. The molecule has 31 heteroatoms. The Morgan fingerprint density at radius 3 is 0.867 bits per heavy atom. The second-order valence-corrected chi connectivity index (χ2v) is 38.5. The first kappa shape index (κ1) is 92.3. The smallest absolute Gasteiger partial charge is 0.137 e. The Balaban J connectivity index is 0.000000102. The van der Waals surface area contributed by atoms with Crippen molar-refractivity contribution >= 4 is 57.6 Å². The van der Waals surface area contributed by atoms with E-state index in [9.17, 15) is 5.11 Å².